The van der Waals surface area contributed by atoms with Gasteiger partial charge in [0.1, 0.15) is 0 Å². The molecule has 0 spiro atoms. The lowest BCUT2D eigenvalue weighted by atomic mass is 10.4. The molecule has 0 radical (unpaired) electrons. The maximum Gasteiger partial charge on any atom is 0.202 e. The van der Waals surface area contributed by atoms with Crippen LogP contribution < -0.4 is 4.90 Å². The Balaban J connectivity index is 2.33. The van der Waals surface area contributed by atoms with E-state index in [1.54, 1.807) is 0 Å². The number of hydrogen-bond acceptors (Lipinski definition) is 5. The van der Waals surface area contributed by atoms with Crippen LogP contribution in [0.3, 0.4) is 0 Å². The lowest BCUT2D eigenvalue weighted by molar-refractivity contribution is 0.122. The molecule has 0 saturated carbocycles. The standard InChI is InChI=1S/C9H11ClFN3OS/c1-16-9-12-7(10)6(11)8(13-9)14-2-4-15-5-3-14/h2-5H2,1H3. The molecule has 0 aromatic carbocycles. The van der Waals surface area contributed by atoms with Gasteiger partial charge in [-0.25, -0.2) is 9.97 Å². The zero-order chi connectivity index (χ0) is 11.5. The van der Waals surface area contributed by atoms with Crippen LogP contribution in [0.15, 0.2) is 5.16 Å². The lowest BCUT2D eigenvalue weighted by Gasteiger charge is -2.28. The van der Waals surface area contributed by atoms with Gasteiger partial charge in [-0.2, -0.15) is 4.39 Å². The number of nitrogens with zero attached hydrogens (tertiary/aromatic N) is 3. The molecule has 0 aliphatic carbocycles. The third kappa shape index (κ3) is 2.39. The van der Waals surface area contributed by atoms with Crippen molar-refractivity contribution in [3.05, 3.63) is 11.0 Å². The van der Waals surface area contributed by atoms with E-state index >= 15 is 0 Å². The molecular weight excluding hydrogens is 253 g/mol. The minimum atomic E-state index is -0.554. The van der Waals surface area contributed by atoms with Crippen molar-refractivity contribution >= 4 is 29.2 Å². The largest absolute Gasteiger partial charge is 0.378 e. The van der Waals surface area contributed by atoms with E-state index in [0.717, 1.165) is 0 Å². The first-order valence-corrected chi connectivity index (χ1v) is 6.42. The van der Waals surface area contributed by atoms with Gasteiger partial charge in [-0.05, 0) is 6.26 Å². The molecule has 7 heteroatoms. The molecule has 88 valence electrons. The summed E-state index contributed by atoms with van der Waals surface area (Å²) in [5, 5.41) is 0.355. The zero-order valence-electron chi connectivity index (χ0n) is 8.74. The average molecular weight is 264 g/mol. The topological polar surface area (TPSA) is 38.2 Å². The summed E-state index contributed by atoms with van der Waals surface area (Å²) in [6.45, 7) is 2.40. The molecule has 0 N–H and O–H groups in total. The van der Waals surface area contributed by atoms with Gasteiger partial charge < -0.3 is 9.64 Å². The highest BCUT2D eigenvalue weighted by atomic mass is 35.5. The number of ether oxygens (including phenoxy) is 1. The van der Waals surface area contributed by atoms with Crippen molar-refractivity contribution in [1.82, 2.24) is 9.97 Å². The molecule has 2 rings (SSSR count). The van der Waals surface area contributed by atoms with Crippen LogP contribution in [0.1, 0.15) is 0 Å². The second-order valence-electron chi connectivity index (χ2n) is 3.24. The number of halogens is 2. The highest BCUT2D eigenvalue weighted by molar-refractivity contribution is 7.98. The van der Waals surface area contributed by atoms with E-state index < -0.39 is 5.82 Å². The van der Waals surface area contributed by atoms with E-state index in [9.17, 15) is 4.39 Å². The highest BCUT2D eigenvalue weighted by Crippen LogP contribution is 2.25. The third-order valence-corrected chi connectivity index (χ3v) is 3.06. The Labute approximate surface area is 102 Å². The second kappa shape index (κ2) is 5.16. The number of morpholine rings is 1. The molecule has 0 atom stereocenters. The fraction of sp³-hybridized carbons (Fsp3) is 0.556. The Morgan fingerprint density at radius 3 is 2.69 bits per heavy atom. The number of thioether (sulfide) groups is 1. The first-order chi connectivity index (χ1) is 7.72. The number of rotatable bonds is 2. The Morgan fingerprint density at radius 1 is 1.38 bits per heavy atom. The Morgan fingerprint density at radius 2 is 2.06 bits per heavy atom. The Kier molecular flexibility index (Phi) is 3.83. The van der Waals surface area contributed by atoms with E-state index in [1.165, 1.54) is 11.8 Å². The van der Waals surface area contributed by atoms with Gasteiger partial charge in [-0.1, -0.05) is 23.4 Å². The summed E-state index contributed by atoms with van der Waals surface area (Å²) >= 11 is 7.06. The van der Waals surface area contributed by atoms with Crippen LogP contribution in [0.2, 0.25) is 5.15 Å². The van der Waals surface area contributed by atoms with Crippen molar-refractivity contribution in [2.75, 3.05) is 37.5 Å². The summed E-state index contributed by atoms with van der Waals surface area (Å²) in [4.78, 5) is 9.79. The van der Waals surface area contributed by atoms with Crippen LogP contribution >= 0.6 is 23.4 Å². The van der Waals surface area contributed by atoms with Gasteiger partial charge in [-0.3, -0.25) is 0 Å². The summed E-state index contributed by atoms with van der Waals surface area (Å²) < 4.78 is 19.0. The summed E-state index contributed by atoms with van der Waals surface area (Å²) in [5.74, 6) is -0.283. The molecule has 0 amide bonds. The molecule has 1 fully saturated rings. The number of aromatic nitrogens is 2. The number of hydrogen-bond donors (Lipinski definition) is 0. The van der Waals surface area contributed by atoms with Crippen LogP contribution in [-0.4, -0.2) is 42.5 Å². The minimum absolute atomic E-state index is 0.124. The van der Waals surface area contributed by atoms with Crippen molar-refractivity contribution in [3.8, 4) is 0 Å². The highest BCUT2D eigenvalue weighted by Gasteiger charge is 2.20. The fourth-order valence-corrected chi connectivity index (χ4v) is 2.04. The quantitative estimate of drug-likeness (QED) is 0.462. The zero-order valence-corrected chi connectivity index (χ0v) is 10.3. The van der Waals surface area contributed by atoms with E-state index in [4.69, 9.17) is 16.3 Å². The normalized spacial score (nSPS) is 16.6. The minimum Gasteiger partial charge on any atom is -0.378 e. The van der Waals surface area contributed by atoms with Gasteiger partial charge in [0.25, 0.3) is 0 Å². The van der Waals surface area contributed by atoms with Gasteiger partial charge in [0.15, 0.2) is 16.1 Å². The third-order valence-electron chi connectivity index (χ3n) is 2.27. The summed E-state index contributed by atoms with van der Waals surface area (Å²) in [6.07, 6.45) is 1.83. The van der Waals surface area contributed by atoms with E-state index in [2.05, 4.69) is 9.97 Å². The Hall–Kier alpha value is -0.590. The predicted octanol–water partition coefficient (Wildman–Crippen LogP) is 1.83. The summed E-state index contributed by atoms with van der Waals surface area (Å²) in [7, 11) is 0. The smallest absolute Gasteiger partial charge is 0.202 e. The van der Waals surface area contributed by atoms with Crippen molar-refractivity contribution < 1.29 is 9.13 Å². The van der Waals surface area contributed by atoms with Crippen LogP contribution in [0.4, 0.5) is 10.2 Å². The van der Waals surface area contributed by atoms with Crippen LogP contribution in [0.5, 0.6) is 0 Å². The Bertz CT molecular complexity index is 387. The molecule has 1 aromatic rings. The van der Waals surface area contributed by atoms with Crippen LogP contribution in [0.25, 0.3) is 0 Å². The van der Waals surface area contributed by atoms with Crippen molar-refractivity contribution in [2.45, 2.75) is 5.16 Å². The van der Waals surface area contributed by atoms with Crippen molar-refractivity contribution in [1.29, 1.82) is 0 Å². The van der Waals surface area contributed by atoms with Crippen LogP contribution in [-0.2, 0) is 4.74 Å². The SMILES string of the molecule is CSc1nc(Cl)c(F)c(N2CCOCC2)n1. The molecule has 1 aliphatic rings. The van der Waals surface area contributed by atoms with Gasteiger partial charge >= 0.3 is 0 Å². The maximum atomic E-state index is 13.8. The molecular formula is C9H11ClFN3OS. The van der Waals surface area contributed by atoms with E-state index in [1.807, 2.05) is 11.2 Å². The number of anilines is 1. The average Bonchev–Trinajstić information content (AvgIpc) is 2.33. The van der Waals surface area contributed by atoms with Crippen molar-refractivity contribution in [3.63, 3.8) is 0 Å². The monoisotopic (exact) mass is 263 g/mol. The van der Waals surface area contributed by atoms with Crippen LogP contribution in [0, 0.1) is 5.82 Å². The molecule has 1 aromatic heterocycles. The molecule has 1 saturated heterocycles. The summed E-state index contributed by atoms with van der Waals surface area (Å²) in [5.41, 5.74) is 0. The molecule has 4 nitrogen and oxygen atoms in total. The predicted molar refractivity (Wildman–Crippen MR) is 61.8 cm³/mol. The summed E-state index contributed by atoms with van der Waals surface area (Å²) in [6, 6.07) is 0. The van der Waals surface area contributed by atoms with Gasteiger partial charge in [0.05, 0.1) is 13.2 Å². The molecule has 0 unspecified atom stereocenters. The van der Waals surface area contributed by atoms with Gasteiger partial charge in [-0.15, -0.1) is 0 Å². The first kappa shape index (κ1) is 11.9. The van der Waals surface area contributed by atoms with Crippen molar-refractivity contribution in [2.24, 2.45) is 0 Å². The maximum absolute atomic E-state index is 13.8. The van der Waals surface area contributed by atoms with Gasteiger partial charge in [0.2, 0.25) is 5.82 Å². The first-order valence-electron chi connectivity index (χ1n) is 4.82. The molecule has 16 heavy (non-hydrogen) atoms. The fourth-order valence-electron chi connectivity index (χ4n) is 1.47. The second-order valence-corrected chi connectivity index (χ2v) is 4.37. The van der Waals surface area contributed by atoms with E-state index in [-0.39, 0.29) is 11.0 Å². The molecule has 2 heterocycles. The lowest BCUT2D eigenvalue weighted by Crippen LogP contribution is -2.37. The molecule has 1 aliphatic heterocycles. The van der Waals surface area contributed by atoms with Gasteiger partial charge in [0, 0.05) is 13.1 Å². The van der Waals surface area contributed by atoms with E-state index in [0.29, 0.717) is 31.5 Å². The molecule has 0 bridgehead atoms.